The van der Waals surface area contributed by atoms with Crippen LogP contribution in [0.3, 0.4) is 0 Å². The van der Waals surface area contributed by atoms with Gasteiger partial charge in [0.1, 0.15) is 6.04 Å². The van der Waals surface area contributed by atoms with Gasteiger partial charge in [-0.3, -0.25) is 9.59 Å². The van der Waals surface area contributed by atoms with Crippen LogP contribution in [0.15, 0.2) is 30.3 Å². The largest absolute Gasteiger partial charge is 0.466 e. The molecule has 0 bridgehead atoms. The molecule has 1 aliphatic carbocycles. The van der Waals surface area contributed by atoms with Crippen molar-refractivity contribution >= 4 is 23.6 Å². The number of esters is 1. The maximum absolute atomic E-state index is 13.0. The molecule has 2 aliphatic rings. The Bertz CT molecular complexity index is 664. The average Bonchev–Trinajstić information content (AvgIpc) is 2.63. The molecule has 3 amide bonds. The molecular formula is C19H25N3O4. The number of piperazine rings is 1. The minimum Gasteiger partial charge on any atom is -0.466 e. The van der Waals surface area contributed by atoms with Crippen LogP contribution in [0.5, 0.6) is 0 Å². The highest BCUT2D eigenvalue weighted by molar-refractivity contribution is 5.96. The van der Waals surface area contributed by atoms with Gasteiger partial charge in [-0.2, -0.15) is 0 Å². The number of hydrogen-bond donors (Lipinski definition) is 2. The zero-order valence-corrected chi connectivity index (χ0v) is 14.9. The zero-order valence-electron chi connectivity index (χ0n) is 14.9. The number of urea groups is 1. The van der Waals surface area contributed by atoms with Crippen LogP contribution in [0.4, 0.5) is 10.5 Å². The first kappa shape index (κ1) is 18.2. The smallest absolute Gasteiger partial charge is 0.322 e. The predicted molar refractivity (Wildman–Crippen MR) is 96.5 cm³/mol. The number of carbonyl (C=O) groups excluding carboxylic acids is 3. The number of hydrogen-bond acceptors (Lipinski definition) is 4. The number of carbonyl (C=O) groups is 3. The van der Waals surface area contributed by atoms with Crippen LogP contribution in [0.1, 0.15) is 39.0 Å². The number of anilines is 1. The topological polar surface area (TPSA) is 87.7 Å². The van der Waals surface area contributed by atoms with Crippen LogP contribution in [0.25, 0.3) is 0 Å². The van der Waals surface area contributed by atoms with Gasteiger partial charge in [-0.15, -0.1) is 0 Å². The highest BCUT2D eigenvalue weighted by Crippen LogP contribution is 2.30. The van der Waals surface area contributed by atoms with Crippen LogP contribution < -0.4 is 10.6 Å². The van der Waals surface area contributed by atoms with E-state index in [2.05, 4.69) is 10.6 Å². The second-order valence-electron chi connectivity index (χ2n) is 6.70. The van der Waals surface area contributed by atoms with Gasteiger partial charge < -0.3 is 20.3 Å². The van der Waals surface area contributed by atoms with Crippen molar-refractivity contribution < 1.29 is 19.1 Å². The van der Waals surface area contributed by atoms with Gasteiger partial charge in [0, 0.05) is 11.7 Å². The van der Waals surface area contributed by atoms with Gasteiger partial charge in [0.05, 0.1) is 19.1 Å². The molecule has 2 N–H and O–H groups in total. The molecule has 1 aromatic carbocycles. The highest BCUT2D eigenvalue weighted by atomic mass is 16.5. The number of nitrogens with zero attached hydrogens (tertiary/aromatic N) is 1. The molecule has 0 spiro atoms. The monoisotopic (exact) mass is 359 g/mol. The molecule has 1 saturated heterocycles. The van der Waals surface area contributed by atoms with Crippen LogP contribution >= 0.6 is 0 Å². The summed E-state index contributed by atoms with van der Waals surface area (Å²) in [6, 6.07) is 7.75. The molecule has 2 fully saturated rings. The van der Waals surface area contributed by atoms with E-state index < -0.39 is 12.0 Å². The fraction of sp³-hybridized carbons (Fsp3) is 0.526. The quantitative estimate of drug-likeness (QED) is 0.808. The van der Waals surface area contributed by atoms with E-state index in [1.54, 1.807) is 24.0 Å². The Morgan fingerprint density at radius 1 is 1.23 bits per heavy atom. The van der Waals surface area contributed by atoms with Gasteiger partial charge in [-0.25, -0.2) is 4.79 Å². The second-order valence-corrected chi connectivity index (χ2v) is 6.70. The number of nitrogens with one attached hydrogen (secondary N) is 2. The zero-order chi connectivity index (χ0) is 18.5. The van der Waals surface area contributed by atoms with Crippen LogP contribution in [0, 0.1) is 0 Å². The molecule has 140 valence electrons. The molecule has 7 nitrogen and oxygen atoms in total. The van der Waals surface area contributed by atoms with Gasteiger partial charge >= 0.3 is 12.0 Å². The van der Waals surface area contributed by atoms with E-state index in [0.717, 1.165) is 25.7 Å². The highest BCUT2D eigenvalue weighted by Gasteiger charge is 2.46. The molecule has 0 unspecified atom stereocenters. The Morgan fingerprint density at radius 2 is 1.96 bits per heavy atom. The van der Waals surface area contributed by atoms with Crippen molar-refractivity contribution in [2.45, 2.75) is 57.2 Å². The molecule has 7 heteroatoms. The summed E-state index contributed by atoms with van der Waals surface area (Å²) in [5, 5.41) is 5.85. The first-order valence-corrected chi connectivity index (χ1v) is 9.20. The lowest BCUT2D eigenvalue weighted by Crippen LogP contribution is -2.68. The summed E-state index contributed by atoms with van der Waals surface area (Å²) in [4.78, 5) is 39.2. The van der Waals surface area contributed by atoms with E-state index in [1.165, 1.54) is 0 Å². The van der Waals surface area contributed by atoms with E-state index in [0.29, 0.717) is 5.69 Å². The van der Waals surface area contributed by atoms with Gasteiger partial charge in [0.15, 0.2) is 0 Å². The van der Waals surface area contributed by atoms with Crippen molar-refractivity contribution in [2.75, 3.05) is 11.9 Å². The Hall–Kier alpha value is -2.57. The maximum Gasteiger partial charge on any atom is 0.322 e. The van der Waals surface area contributed by atoms with Crippen molar-refractivity contribution in [3.8, 4) is 0 Å². The minimum atomic E-state index is -0.850. The van der Waals surface area contributed by atoms with Crippen molar-refractivity contribution in [1.82, 2.24) is 10.2 Å². The maximum atomic E-state index is 13.0. The summed E-state index contributed by atoms with van der Waals surface area (Å²) < 4.78 is 5.00. The number of fused-ring (bicyclic) bond motifs is 1. The molecule has 1 aromatic rings. The van der Waals surface area contributed by atoms with E-state index in [1.807, 2.05) is 18.2 Å². The van der Waals surface area contributed by atoms with Gasteiger partial charge in [-0.05, 0) is 31.9 Å². The summed E-state index contributed by atoms with van der Waals surface area (Å²) >= 11 is 0. The Morgan fingerprint density at radius 3 is 2.69 bits per heavy atom. The molecular weight excluding hydrogens is 334 g/mol. The second kappa shape index (κ2) is 8.21. The third-order valence-electron chi connectivity index (χ3n) is 4.98. The normalized spacial score (nSPS) is 25.0. The summed E-state index contributed by atoms with van der Waals surface area (Å²) in [7, 11) is 0. The van der Waals surface area contributed by atoms with Crippen LogP contribution in [-0.4, -0.2) is 47.5 Å². The lowest BCUT2D eigenvalue weighted by molar-refractivity contribution is -0.148. The molecule has 3 rings (SSSR count). The SMILES string of the molecule is CCOC(=O)C[C@@H]1C(=O)N[C@H]2CCCC[C@H]2N1C(=O)Nc1ccccc1. The molecule has 3 atom stereocenters. The van der Waals surface area contributed by atoms with Crippen LogP contribution in [0.2, 0.25) is 0 Å². The first-order valence-electron chi connectivity index (χ1n) is 9.20. The number of benzene rings is 1. The van der Waals surface area contributed by atoms with Crippen molar-refractivity contribution in [3.05, 3.63) is 30.3 Å². The third-order valence-corrected chi connectivity index (χ3v) is 4.98. The Kier molecular flexibility index (Phi) is 5.75. The van der Waals surface area contributed by atoms with Gasteiger partial charge in [0.2, 0.25) is 5.91 Å². The molecule has 1 saturated carbocycles. The summed E-state index contributed by atoms with van der Waals surface area (Å²) in [5.41, 5.74) is 0.658. The van der Waals surface area contributed by atoms with Crippen molar-refractivity contribution in [1.29, 1.82) is 0 Å². The van der Waals surface area contributed by atoms with E-state index in [-0.39, 0.29) is 37.0 Å². The van der Waals surface area contributed by atoms with Crippen molar-refractivity contribution in [3.63, 3.8) is 0 Å². The fourth-order valence-electron chi connectivity index (χ4n) is 3.82. The molecule has 1 heterocycles. The number of amides is 3. The van der Waals surface area contributed by atoms with E-state index in [4.69, 9.17) is 4.74 Å². The average molecular weight is 359 g/mol. The van der Waals surface area contributed by atoms with Gasteiger partial charge in [0.25, 0.3) is 0 Å². The molecule has 0 aromatic heterocycles. The third kappa shape index (κ3) is 3.98. The Labute approximate surface area is 153 Å². The van der Waals surface area contributed by atoms with E-state index >= 15 is 0 Å². The summed E-state index contributed by atoms with van der Waals surface area (Å²) in [5.74, 6) is -0.760. The first-order chi connectivity index (χ1) is 12.6. The number of ether oxygens (including phenoxy) is 1. The molecule has 0 radical (unpaired) electrons. The number of rotatable bonds is 4. The fourth-order valence-corrected chi connectivity index (χ4v) is 3.82. The number of para-hydroxylation sites is 1. The van der Waals surface area contributed by atoms with Crippen molar-refractivity contribution in [2.24, 2.45) is 0 Å². The minimum absolute atomic E-state index is 0.0591. The molecule has 26 heavy (non-hydrogen) atoms. The lowest BCUT2D eigenvalue weighted by atomic mass is 9.85. The predicted octanol–water partition coefficient (Wildman–Crippen LogP) is 2.28. The summed E-state index contributed by atoms with van der Waals surface area (Å²) in [6.07, 6.45) is 3.55. The Balaban J connectivity index is 1.83. The van der Waals surface area contributed by atoms with Gasteiger partial charge in [-0.1, -0.05) is 31.0 Å². The molecule has 1 aliphatic heterocycles. The summed E-state index contributed by atoms with van der Waals surface area (Å²) in [6.45, 7) is 1.96. The lowest BCUT2D eigenvalue weighted by Gasteiger charge is -2.47. The van der Waals surface area contributed by atoms with E-state index in [9.17, 15) is 14.4 Å². The van der Waals surface area contributed by atoms with Crippen LogP contribution in [-0.2, 0) is 14.3 Å². The standard InChI is InChI=1S/C19H25N3O4/c1-2-26-17(23)12-16-18(24)21-14-10-6-7-11-15(14)22(16)19(25)20-13-8-4-3-5-9-13/h3-5,8-9,14-16H,2,6-7,10-12H2,1H3,(H,20,25)(H,21,24)/t14-,15+,16+/m0/s1.